The number of amides is 2. The summed E-state index contributed by atoms with van der Waals surface area (Å²) in [6, 6.07) is 0. The highest BCUT2D eigenvalue weighted by molar-refractivity contribution is 5.79. The summed E-state index contributed by atoms with van der Waals surface area (Å²) in [5.74, 6) is -0.343. The highest BCUT2D eigenvalue weighted by Crippen LogP contribution is 2.06. The highest BCUT2D eigenvalue weighted by Gasteiger charge is 2.16. The molecule has 158 valence electrons. The van der Waals surface area contributed by atoms with Crippen molar-refractivity contribution in [1.82, 2.24) is 10.8 Å². The van der Waals surface area contributed by atoms with E-state index in [1.54, 1.807) is 20.8 Å². The van der Waals surface area contributed by atoms with Crippen molar-refractivity contribution in [2.75, 3.05) is 53.3 Å². The third-order valence-electron chi connectivity index (χ3n) is 2.75. The van der Waals surface area contributed by atoms with E-state index in [1.165, 1.54) is 7.11 Å². The molecule has 0 rings (SSSR count). The minimum absolute atomic E-state index is 0.0317. The van der Waals surface area contributed by atoms with E-state index in [9.17, 15) is 14.4 Å². The Morgan fingerprint density at radius 2 is 1.59 bits per heavy atom. The fourth-order valence-corrected chi connectivity index (χ4v) is 1.68. The van der Waals surface area contributed by atoms with Gasteiger partial charge in [-0.25, -0.2) is 4.79 Å². The molecular weight excluding hydrogens is 360 g/mol. The molecule has 0 bridgehead atoms. The number of nitrogens with one attached hydrogen (secondary N) is 2. The van der Waals surface area contributed by atoms with Gasteiger partial charge in [0.1, 0.15) is 18.8 Å². The monoisotopic (exact) mass is 392 g/mol. The van der Waals surface area contributed by atoms with Crippen LogP contribution in [0.5, 0.6) is 0 Å². The molecular formula is C17H32N2O8. The maximum Gasteiger partial charge on any atom is 0.431 e. The van der Waals surface area contributed by atoms with Crippen LogP contribution in [0.25, 0.3) is 0 Å². The molecule has 0 radical (unpaired) electrons. The van der Waals surface area contributed by atoms with Gasteiger partial charge < -0.3 is 24.3 Å². The molecule has 10 nitrogen and oxygen atoms in total. The van der Waals surface area contributed by atoms with Gasteiger partial charge in [0.15, 0.2) is 5.78 Å². The summed E-state index contributed by atoms with van der Waals surface area (Å²) in [4.78, 5) is 38.8. The number of rotatable bonds is 15. The standard InChI is InChI=1S/C17H32N2O8/c1-17(2,3)27-16(22)19-26-12-14(20)6-5-8-24-10-11-25-9-7-18-15(21)13-23-4/h5-13H2,1-4H3,(H,18,21)(H,19,22). The molecule has 0 fully saturated rings. The lowest BCUT2D eigenvalue weighted by molar-refractivity contribution is -0.126. The van der Waals surface area contributed by atoms with Crippen molar-refractivity contribution >= 4 is 17.8 Å². The molecule has 2 N–H and O–H groups in total. The SMILES string of the molecule is COCC(=O)NCCOCCOCCCC(=O)CONC(=O)OC(C)(C)C. The third kappa shape index (κ3) is 18.8. The summed E-state index contributed by atoms with van der Waals surface area (Å²) in [7, 11) is 1.45. The van der Waals surface area contributed by atoms with Crippen LogP contribution in [0.1, 0.15) is 33.6 Å². The van der Waals surface area contributed by atoms with Gasteiger partial charge in [0.05, 0.1) is 19.8 Å². The lowest BCUT2D eigenvalue weighted by atomic mass is 10.2. The van der Waals surface area contributed by atoms with E-state index in [0.717, 1.165) is 0 Å². The summed E-state index contributed by atoms with van der Waals surface area (Å²) < 4.78 is 20.2. The average Bonchev–Trinajstić information content (AvgIpc) is 2.55. The molecule has 0 spiro atoms. The normalized spacial score (nSPS) is 11.1. The molecule has 0 saturated heterocycles. The Labute approximate surface area is 160 Å². The number of Topliss-reactive ketones (excluding diaryl/α,β-unsaturated/α-hetero) is 1. The first-order valence-electron chi connectivity index (χ1n) is 8.78. The number of ketones is 1. The Morgan fingerprint density at radius 1 is 0.926 bits per heavy atom. The van der Waals surface area contributed by atoms with Gasteiger partial charge in [0.2, 0.25) is 5.91 Å². The van der Waals surface area contributed by atoms with Crippen LogP contribution in [0.2, 0.25) is 0 Å². The van der Waals surface area contributed by atoms with Gasteiger partial charge in [0, 0.05) is 26.7 Å². The molecule has 0 aliphatic heterocycles. The molecule has 0 aliphatic rings. The molecule has 0 aromatic rings. The van der Waals surface area contributed by atoms with E-state index >= 15 is 0 Å². The zero-order chi connectivity index (χ0) is 20.5. The van der Waals surface area contributed by atoms with Crippen molar-refractivity contribution in [2.45, 2.75) is 39.2 Å². The first-order chi connectivity index (χ1) is 12.7. The largest absolute Gasteiger partial charge is 0.442 e. The molecule has 0 heterocycles. The van der Waals surface area contributed by atoms with Crippen LogP contribution >= 0.6 is 0 Å². The molecule has 0 saturated carbocycles. The van der Waals surface area contributed by atoms with E-state index < -0.39 is 11.7 Å². The van der Waals surface area contributed by atoms with Gasteiger partial charge in [-0.15, -0.1) is 0 Å². The number of hydrogen-bond acceptors (Lipinski definition) is 8. The van der Waals surface area contributed by atoms with Gasteiger partial charge in [-0.05, 0) is 27.2 Å². The number of hydroxylamine groups is 1. The Hall–Kier alpha value is -1.75. The van der Waals surface area contributed by atoms with Crippen LogP contribution in [-0.2, 0) is 33.4 Å². The number of hydrogen-bond donors (Lipinski definition) is 2. The molecule has 0 aromatic heterocycles. The number of carbonyl (C=O) groups excluding carboxylic acids is 3. The Bertz CT molecular complexity index is 437. The number of methoxy groups -OCH3 is 1. The topological polar surface area (TPSA) is 121 Å². The smallest absolute Gasteiger partial charge is 0.431 e. The molecule has 0 unspecified atom stereocenters. The number of carbonyl (C=O) groups is 3. The van der Waals surface area contributed by atoms with E-state index in [-0.39, 0.29) is 31.3 Å². The highest BCUT2D eigenvalue weighted by atomic mass is 16.7. The van der Waals surface area contributed by atoms with E-state index in [4.69, 9.17) is 19.0 Å². The van der Waals surface area contributed by atoms with Crippen molar-refractivity contribution in [3.63, 3.8) is 0 Å². The number of ether oxygens (including phenoxy) is 4. The van der Waals surface area contributed by atoms with Gasteiger partial charge in [-0.1, -0.05) is 0 Å². The fraction of sp³-hybridized carbons (Fsp3) is 0.824. The van der Waals surface area contributed by atoms with Crippen molar-refractivity contribution < 1.29 is 38.2 Å². The zero-order valence-corrected chi connectivity index (χ0v) is 16.6. The Morgan fingerprint density at radius 3 is 2.22 bits per heavy atom. The second-order valence-electron chi connectivity index (χ2n) is 6.54. The Kier molecular flexibility index (Phi) is 14.3. The molecule has 0 aliphatic carbocycles. The molecule has 10 heteroatoms. The lowest BCUT2D eigenvalue weighted by Crippen LogP contribution is -2.33. The van der Waals surface area contributed by atoms with Gasteiger partial charge in [-0.2, -0.15) is 5.48 Å². The zero-order valence-electron chi connectivity index (χ0n) is 16.6. The van der Waals surface area contributed by atoms with E-state index in [0.29, 0.717) is 39.4 Å². The minimum atomic E-state index is -0.739. The van der Waals surface area contributed by atoms with E-state index in [1.807, 2.05) is 0 Å². The quantitative estimate of drug-likeness (QED) is 0.307. The second-order valence-corrected chi connectivity index (χ2v) is 6.54. The van der Waals surface area contributed by atoms with Crippen LogP contribution in [0.3, 0.4) is 0 Å². The van der Waals surface area contributed by atoms with Gasteiger partial charge in [0.25, 0.3) is 0 Å². The van der Waals surface area contributed by atoms with Crippen LogP contribution in [-0.4, -0.2) is 76.7 Å². The van der Waals surface area contributed by atoms with E-state index in [2.05, 4.69) is 15.5 Å². The van der Waals surface area contributed by atoms with Crippen LogP contribution in [0.15, 0.2) is 0 Å². The minimum Gasteiger partial charge on any atom is -0.442 e. The Balaban J connectivity index is 3.39. The van der Waals surface area contributed by atoms with Gasteiger partial charge in [-0.3, -0.25) is 14.4 Å². The fourth-order valence-electron chi connectivity index (χ4n) is 1.68. The van der Waals surface area contributed by atoms with Gasteiger partial charge >= 0.3 is 6.09 Å². The average molecular weight is 392 g/mol. The lowest BCUT2D eigenvalue weighted by Gasteiger charge is -2.19. The molecule has 27 heavy (non-hydrogen) atoms. The molecule has 0 aromatic carbocycles. The summed E-state index contributed by atoms with van der Waals surface area (Å²) >= 11 is 0. The summed E-state index contributed by atoms with van der Waals surface area (Å²) in [5, 5.41) is 2.63. The summed E-state index contributed by atoms with van der Waals surface area (Å²) in [6.07, 6.45) is 0.0845. The van der Waals surface area contributed by atoms with Crippen LogP contribution < -0.4 is 10.8 Å². The van der Waals surface area contributed by atoms with Crippen molar-refractivity contribution in [3.8, 4) is 0 Å². The first-order valence-corrected chi connectivity index (χ1v) is 8.78. The second kappa shape index (κ2) is 15.3. The predicted molar refractivity (Wildman–Crippen MR) is 96.1 cm³/mol. The molecule has 0 atom stereocenters. The van der Waals surface area contributed by atoms with Crippen LogP contribution in [0, 0.1) is 0 Å². The first kappa shape index (κ1) is 25.2. The maximum absolute atomic E-state index is 11.6. The summed E-state index contributed by atoms with van der Waals surface area (Å²) in [6.45, 7) is 7.00. The third-order valence-corrected chi connectivity index (χ3v) is 2.75. The van der Waals surface area contributed by atoms with Crippen molar-refractivity contribution in [1.29, 1.82) is 0 Å². The molecule has 2 amide bonds. The summed E-state index contributed by atoms with van der Waals surface area (Å²) in [5.41, 5.74) is 1.43. The van der Waals surface area contributed by atoms with Crippen LogP contribution in [0.4, 0.5) is 4.79 Å². The predicted octanol–water partition coefficient (Wildman–Crippen LogP) is 0.588. The van der Waals surface area contributed by atoms with Crippen molar-refractivity contribution in [2.24, 2.45) is 0 Å². The van der Waals surface area contributed by atoms with Crippen molar-refractivity contribution in [3.05, 3.63) is 0 Å². The maximum atomic E-state index is 11.6.